The van der Waals surface area contributed by atoms with Gasteiger partial charge in [0, 0.05) is 6.61 Å². The first kappa shape index (κ1) is 16.4. The van der Waals surface area contributed by atoms with E-state index in [-0.39, 0.29) is 12.4 Å². The molecule has 4 heteroatoms. The van der Waals surface area contributed by atoms with Gasteiger partial charge in [-0.1, -0.05) is 18.4 Å². The number of Topliss-reactive ketones (excluding diaryl/α,β-unsaturated/α-hetero) is 1. The number of allylic oxidation sites excluding steroid dienone is 1. The van der Waals surface area contributed by atoms with E-state index in [9.17, 15) is 9.59 Å². The van der Waals surface area contributed by atoms with Crippen LogP contribution in [0.2, 0.25) is 0 Å². The van der Waals surface area contributed by atoms with Crippen LogP contribution in [0.4, 0.5) is 0 Å². The number of carbonyl (C=O) groups is 2. The van der Waals surface area contributed by atoms with Crippen molar-refractivity contribution in [3.8, 4) is 11.8 Å². The second-order valence-corrected chi connectivity index (χ2v) is 3.77. The van der Waals surface area contributed by atoms with E-state index in [1.807, 2.05) is 0 Å². The van der Waals surface area contributed by atoms with Crippen LogP contribution in [0.3, 0.4) is 0 Å². The summed E-state index contributed by atoms with van der Waals surface area (Å²) in [5.74, 6) is 3.56. The minimum atomic E-state index is -1.00. The zero-order chi connectivity index (χ0) is 14.1. The van der Waals surface area contributed by atoms with E-state index in [2.05, 4.69) is 18.4 Å². The van der Waals surface area contributed by atoms with Gasteiger partial charge in [0.15, 0.2) is 5.92 Å². The van der Waals surface area contributed by atoms with Crippen molar-refractivity contribution in [2.75, 3.05) is 13.2 Å². The van der Waals surface area contributed by atoms with Crippen molar-refractivity contribution >= 4 is 11.8 Å². The second-order valence-electron chi connectivity index (χ2n) is 3.77. The molecule has 0 aromatic rings. The average Bonchev–Trinajstić information content (AvgIpc) is 2.26. The van der Waals surface area contributed by atoms with Gasteiger partial charge in [0.25, 0.3) is 0 Å². The Labute approximate surface area is 108 Å². The van der Waals surface area contributed by atoms with Gasteiger partial charge >= 0.3 is 5.97 Å². The molecule has 0 heterocycles. The van der Waals surface area contributed by atoms with Crippen molar-refractivity contribution in [1.82, 2.24) is 0 Å². The van der Waals surface area contributed by atoms with E-state index >= 15 is 0 Å². The normalized spacial score (nSPS) is 12.9. The Morgan fingerprint density at radius 3 is 2.22 bits per heavy atom. The Kier molecular flexibility index (Phi) is 7.73. The Bertz CT molecular complexity index is 373. The number of esters is 1. The van der Waals surface area contributed by atoms with E-state index in [4.69, 9.17) is 9.47 Å². The maximum absolute atomic E-state index is 11.7. The molecule has 0 aromatic carbocycles. The highest BCUT2D eigenvalue weighted by molar-refractivity contribution is 5.98. The Morgan fingerprint density at radius 2 is 1.83 bits per heavy atom. The predicted octanol–water partition coefficient (Wildman–Crippen LogP) is 1.74. The standard InChI is InChI=1S/C14H20O4/c1-6-17-12(9-8-10(3)4)13(11(5)15)14(16)18-7-2/h12-13H,3,6-7H2,1-2,4-5H3/t12-,13+/m0/s1. The van der Waals surface area contributed by atoms with Crippen LogP contribution in [-0.4, -0.2) is 31.1 Å². The molecule has 0 rings (SSSR count). The van der Waals surface area contributed by atoms with E-state index in [0.29, 0.717) is 12.2 Å². The molecule has 0 N–H and O–H groups in total. The number of carbonyl (C=O) groups excluding carboxylic acids is 2. The molecule has 18 heavy (non-hydrogen) atoms. The van der Waals surface area contributed by atoms with Gasteiger partial charge in [-0.2, -0.15) is 0 Å². The number of hydrogen-bond donors (Lipinski definition) is 0. The van der Waals surface area contributed by atoms with E-state index in [1.165, 1.54) is 6.92 Å². The molecular formula is C14H20O4. The molecule has 0 spiro atoms. The molecule has 0 amide bonds. The molecule has 0 fully saturated rings. The fourth-order valence-electron chi connectivity index (χ4n) is 1.33. The molecule has 0 saturated heterocycles. The highest BCUT2D eigenvalue weighted by Gasteiger charge is 2.33. The van der Waals surface area contributed by atoms with Crippen LogP contribution in [0.15, 0.2) is 12.2 Å². The fraction of sp³-hybridized carbons (Fsp3) is 0.571. The van der Waals surface area contributed by atoms with Crippen LogP contribution in [0.1, 0.15) is 27.7 Å². The summed E-state index contributed by atoms with van der Waals surface area (Å²) in [5.41, 5.74) is 0.644. The molecule has 100 valence electrons. The first-order chi connectivity index (χ1) is 8.43. The monoisotopic (exact) mass is 252 g/mol. The third-order valence-corrected chi connectivity index (χ3v) is 2.06. The van der Waals surface area contributed by atoms with Crippen molar-refractivity contribution in [3.63, 3.8) is 0 Å². The molecule has 0 aliphatic heterocycles. The summed E-state index contributed by atoms with van der Waals surface area (Å²) in [5, 5.41) is 0. The number of rotatable bonds is 6. The molecule has 0 aromatic heterocycles. The lowest BCUT2D eigenvalue weighted by molar-refractivity contribution is -0.155. The van der Waals surface area contributed by atoms with Crippen LogP contribution < -0.4 is 0 Å². The molecular weight excluding hydrogens is 232 g/mol. The van der Waals surface area contributed by atoms with Gasteiger partial charge < -0.3 is 9.47 Å². The SMILES string of the molecule is C=C(C)C#C[C@H](OCC)[C@@H](C(C)=O)C(=O)OCC. The van der Waals surface area contributed by atoms with Crippen LogP contribution in [0.5, 0.6) is 0 Å². The number of ketones is 1. The molecule has 0 unspecified atom stereocenters. The maximum Gasteiger partial charge on any atom is 0.320 e. The maximum atomic E-state index is 11.7. The molecule has 0 aliphatic rings. The number of ether oxygens (including phenoxy) is 2. The summed E-state index contributed by atoms with van der Waals surface area (Å²) in [6, 6.07) is 0. The number of hydrogen-bond acceptors (Lipinski definition) is 4. The van der Waals surface area contributed by atoms with Crippen LogP contribution in [-0.2, 0) is 19.1 Å². The lowest BCUT2D eigenvalue weighted by Crippen LogP contribution is -2.36. The summed E-state index contributed by atoms with van der Waals surface area (Å²) in [7, 11) is 0. The minimum absolute atomic E-state index is 0.218. The van der Waals surface area contributed by atoms with Crippen molar-refractivity contribution in [1.29, 1.82) is 0 Å². The van der Waals surface area contributed by atoms with Crippen molar-refractivity contribution < 1.29 is 19.1 Å². The third kappa shape index (κ3) is 5.65. The van der Waals surface area contributed by atoms with Crippen molar-refractivity contribution in [2.24, 2.45) is 5.92 Å². The first-order valence-electron chi connectivity index (χ1n) is 5.89. The molecule has 0 saturated carbocycles. The quantitative estimate of drug-likeness (QED) is 0.410. The first-order valence-corrected chi connectivity index (χ1v) is 5.89. The summed E-state index contributed by atoms with van der Waals surface area (Å²) in [4.78, 5) is 23.3. The molecule has 2 atom stereocenters. The summed E-state index contributed by atoms with van der Waals surface area (Å²) < 4.78 is 10.2. The van der Waals surface area contributed by atoms with Gasteiger partial charge in [0.1, 0.15) is 11.9 Å². The van der Waals surface area contributed by atoms with E-state index in [0.717, 1.165) is 0 Å². The summed E-state index contributed by atoms with van der Waals surface area (Å²) in [6.45, 7) is 10.7. The fourth-order valence-corrected chi connectivity index (χ4v) is 1.33. The lowest BCUT2D eigenvalue weighted by Gasteiger charge is -2.19. The average molecular weight is 252 g/mol. The molecule has 0 bridgehead atoms. The Balaban J connectivity index is 5.12. The highest BCUT2D eigenvalue weighted by Crippen LogP contribution is 2.12. The van der Waals surface area contributed by atoms with Crippen molar-refractivity contribution in [3.05, 3.63) is 12.2 Å². The largest absolute Gasteiger partial charge is 0.465 e. The van der Waals surface area contributed by atoms with Crippen molar-refractivity contribution in [2.45, 2.75) is 33.8 Å². The smallest absolute Gasteiger partial charge is 0.320 e. The molecule has 0 aliphatic carbocycles. The van der Waals surface area contributed by atoms with Gasteiger partial charge in [-0.15, -0.1) is 0 Å². The van der Waals surface area contributed by atoms with Gasteiger partial charge in [-0.3, -0.25) is 9.59 Å². The summed E-state index contributed by atoms with van der Waals surface area (Å²) >= 11 is 0. The second kappa shape index (κ2) is 8.48. The zero-order valence-corrected chi connectivity index (χ0v) is 11.4. The minimum Gasteiger partial charge on any atom is -0.465 e. The van der Waals surface area contributed by atoms with Gasteiger partial charge in [0.2, 0.25) is 0 Å². The van der Waals surface area contributed by atoms with Gasteiger partial charge in [-0.25, -0.2) is 0 Å². The molecule has 4 nitrogen and oxygen atoms in total. The Hall–Kier alpha value is -1.60. The van der Waals surface area contributed by atoms with Gasteiger partial charge in [0.05, 0.1) is 6.61 Å². The lowest BCUT2D eigenvalue weighted by atomic mass is 9.98. The van der Waals surface area contributed by atoms with Gasteiger partial charge in [-0.05, 0) is 33.3 Å². The van der Waals surface area contributed by atoms with E-state index < -0.39 is 18.0 Å². The topological polar surface area (TPSA) is 52.6 Å². The third-order valence-electron chi connectivity index (χ3n) is 2.06. The zero-order valence-electron chi connectivity index (χ0n) is 11.4. The van der Waals surface area contributed by atoms with Crippen LogP contribution >= 0.6 is 0 Å². The van der Waals surface area contributed by atoms with Crippen LogP contribution in [0, 0.1) is 17.8 Å². The predicted molar refractivity (Wildman–Crippen MR) is 68.8 cm³/mol. The van der Waals surface area contributed by atoms with Crippen LogP contribution in [0.25, 0.3) is 0 Å². The molecule has 0 radical (unpaired) electrons. The summed E-state index contributed by atoms with van der Waals surface area (Å²) in [6.07, 6.45) is -0.789. The Morgan fingerprint density at radius 1 is 1.22 bits per heavy atom. The highest BCUT2D eigenvalue weighted by atomic mass is 16.5. The van der Waals surface area contributed by atoms with E-state index in [1.54, 1.807) is 20.8 Å².